The predicted octanol–water partition coefficient (Wildman–Crippen LogP) is 3.20. The van der Waals surface area contributed by atoms with Crippen LogP contribution in [0.15, 0.2) is 12.7 Å². The topological polar surface area (TPSA) is 66.8 Å². The zero-order chi connectivity index (χ0) is 15.6. The first-order valence-electron chi connectivity index (χ1n) is 7.04. The fraction of sp³-hybridized carbons (Fsp3) is 0.733. The summed E-state index contributed by atoms with van der Waals surface area (Å²) in [6, 6.07) is -0.154. The van der Waals surface area contributed by atoms with E-state index in [4.69, 9.17) is 4.74 Å². The number of carbonyl (C=O) groups excluding carboxylic acids is 1. The number of aliphatic carboxylic acids is 1. The van der Waals surface area contributed by atoms with E-state index in [1.807, 2.05) is 0 Å². The van der Waals surface area contributed by atoms with Gasteiger partial charge < -0.3 is 9.84 Å². The second-order valence-electron chi connectivity index (χ2n) is 6.26. The molecule has 0 bridgehead atoms. The van der Waals surface area contributed by atoms with Crippen molar-refractivity contribution in [3.05, 3.63) is 12.7 Å². The number of likely N-dealkylation sites (tertiary alicyclic amines) is 1. The highest BCUT2D eigenvalue weighted by molar-refractivity contribution is 5.85. The highest BCUT2D eigenvalue weighted by atomic mass is 16.6. The molecule has 0 spiro atoms. The molecule has 1 amide bonds. The molecule has 1 fully saturated rings. The van der Waals surface area contributed by atoms with Crippen molar-refractivity contribution in [1.82, 2.24) is 4.90 Å². The largest absolute Gasteiger partial charge is 0.479 e. The first-order valence-corrected chi connectivity index (χ1v) is 7.04. The summed E-state index contributed by atoms with van der Waals surface area (Å²) in [5.74, 6) is -0.961. The Morgan fingerprint density at radius 3 is 2.50 bits per heavy atom. The van der Waals surface area contributed by atoms with Gasteiger partial charge in [-0.15, -0.1) is 6.58 Å². The normalized spacial score (nSPS) is 26.4. The lowest BCUT2D eigenvalue weighted by Crippen LogP contribution is -2.56. The van der Waals surface area contributed by atoms with Crippen molar-refractivity contribution in [2.24, 2.45) is 0 Å². The Kier molecular flexibility index (Phi) is 4.84. The molecule has 0 unspecified atom stereocenters. The molecule has 20 heavy (non-hydrogen) atoms. The first-order chi connectivity index (χ1) is 9.18. The molecule has 1 N–H and O–H groups in total. The van der Waals surface area contributed by atoms with Crippen molar-refractivity contribution in [2.45, 2.75) is 70.6 Å². The minimum absolute atomic E-state index is 0.154. The van der Waals surface area contributed by atoms with Crippen LogP contribution in [0.1, 0.15) is 53.4 Å². The molecule has 114 valence electrons. The van der Waals surface area contributed by atoms with Crippen LogP contribution in [-0.4, -0.2) is 39.3 Å². The molecule has 1 heterocycles. The highest BCUT2D eigenvalue weighted by Crippen LogP contribution is 2.39. The lowest BCUT2D eigenvalue weighted by Gasteiger charge is -2.38. The smallest absolute Gasteiger partial charge is 0.411 e. The molecule has 0 aromatic heterocycles. The summed E-state index contributed by atoms with van der Waals surface area (Å²) in [5, 5.41) is 9.59. The molecule has 5 nitrogen and oxygen atoms in total. The van der Waals surface area contributed by atoms with Gasteiger partial charge >= 0.3 is 12.1 Å². The molecule has 2 atom stereocenters. The molecule has 0 radical (unpaired) electrons. The summed E-state index contributed by atoms with van der Waals surface area (Å²) < 4.78 is 5.39. The van der Waals surface area contributed by atoms with Crippen LogP contribution in [0.3, 0.4) is 0 Å². The van der Waals surface area contributed by atoms with Crippen molar-refractivity contribution >= 4 is 12.1 Å². The molecule has 0 aromatic carbocycles. The zero-order valence-electron chi connectivity index (χ0n) is 12.8. The van der Waals surface area contributed by atoms with Crippen LogP contribution in [0.4, 0.5) is 4.79 Å². The molecule has 1 saturated heterocycles. The Labute approximate surface area is 120 Å². The Morgan fingerprint density at radius 2 is 2.10 bits per heavy atom. The highest BCUT2D eigenvalue weighted by Gasteiger charge is 2.53. The number of hydrogen-bond acceptors (Lipinski definition) is 3. The number of ether oxygens (including phenoxy) is 1. The Morgan fingerprint density at radius 1 is 1.50 bits per heavy atom. The zero-order valence-corrected chi connectivity index (χ0v) is 12.8. The van der Waals surface area contributed by atoms with Gasteiger partial charge in [-0.3, -0.25) is 4.90 Å². The third-order valence-electron chi connectivity index (χ3n) is 3.73. The van der Waals surface area contributed by atoms with Gasteiger partial charge in [-0.05, 0) is 46.5 Å². The van der Waals surface area contributed by atoms with Crippen LogP contribution in [0.2, 0.25) is 0 Å². The van der Waals surface area contributed by atoms with Gasteiger partial charge in [0.05, 0.1) is 0 Å². The number of amides is 1. The van der Waals surface area contributed by atoms with Crippen molar-refractivity contribution in [1.29, 1.82) is 0 Å². The summed E-state index contributed by atoms with van der Waals surface area (Å²) in [7, 11) is 0. The predicted molar refractivity (Wildman–Crippen MR) is 76.6 cm³/mol. The van der Waals surface area contributed by atoms with Gasteiger partial charge in [0.2, 0.25) is 0 Å². The number of rotatable bonds is 4. The van der Waals surface area contributed by atoms with E-state index in [1.54, 1.807) is 33.8 Å². The summed E-state index contributed by atoms with van der Waals surface area (Å²) in [6.45, 7) is 10.8. The molecule has 1 rings (SSSR count). The van der Waals surface area contributed by atoms with Crippen LogP contribution in [0.25, 0.3) is 0 Å². The van der Waals surface area contributed by atoms with E-state index in [-0.39, 0.29) is 6.04 Å². The van der Waals surface area contributed by atoms with Crippen molar-refractivity contribution < 1.29 is 19.4 Å². The lowest BCUT2D eigenvalue weighted by atomic mass is 9.93. The average molecular weight is 283 g/mol. The Hall–Kier alpha value is -1.52. The van der Waals surface area contributed by atoms with Crippen molar-refractivity contribution in [3.8, 4) is 0 Å². The molecule has 5 heteroatoms. The summed E-state index contributed by atoms with van der Waals surface area (Å²) in [4.78, 5) is 25.6. The van der Waals surface area contributed by atoms with Gasteiger partial charge in [0.25, 0.3) is 0 Å². The number of nitrogens with zero attached hydrogens (tertiary/aromatic N) is 1. The minimum Gasteiger partial charge on any atom is -0.479 e. The van der Waals surface area contributed by atoms with E-state index in [0.29, 0.717) is 25.7 Å². The quantitative estimate of drug-likeness (QED) is 0.805. The van der Waals surface area contributed by atoms with Crippen LogP contribution in [0, 0.1) is 0 Å². The van der Waals surface area contributed by atoms with Gasteiger partial charge in [0.15, 0.2) is 0 Å². The third-order valence-corrected chi connectivity index (χ3v) is 3.73. The molecular weight excluding hydrogens is 258 g/mol. The van der Waals surface area contributed by atoms with Gasteiger partial charge in [-0.2, -0.15) is 0 Å². The average Bonchev–Trinajstić information content (AvgIpc) is 2.67. The number of hydrogen-bond donors (Lipinski definition) is 1. The van der Waals surface area contributed by atoms with E-state index < -0.39 is 23.2 Å². The van der Waals surface area contributed by atoms with Gasteiger partial charge in [0.1, 0.15) is 11.1 Å². The van der Waals surface area contributed by atoms with Crippen LogP contribution in [0.5, 0.6) is 0 Å². The maximum Gasteiger partial charge on any atom is 0.411 e. The summed E-state index contributed by atoms with van der Waals surface area (Å²) in [6.07, 6.45) is 3.23. The van der Waals surface area contributed by atoms with Crippen LogP contribution in [-0.2, 0) is 9.53 Å². The minimum atomic E-state index is -1.16. The van der Waals surface area contributed by atoms with E-state index >= 15 is 0 Å². The van der Waals surface area contributed by atoms with Crippen molar-refractivity contribution in [2.75, 3.05) is 0 Å². The van der Waals surface area contributed by atoms with E-state index in [1.165, 1.54) is 4.90 Å². The van der Waals surface area contributed by atoms with E-state index in [2.05, 4.69) is 6.58 Å². The standard InChI is InChI=1S/C15H25NO4/c1-6-8-11-9-10-15(7-2,12(17)18)16(11)13(19)20-14(3,4)5/h6,11H,1,7-10H2,2-5H3,(H,17,18)/t11-,15-/m0/s1. The summed E-state index contributed by atoms with van der Waals surface area (Å²) >= 11 is 0. The number of carboxylic acids is 1. The Bertz CT molecular complexity index is 399. The number of carboxylic acid groups (broad SMARTS) is 1. The molecule has 0 saturated carbocycles. The molecular formula is C15H25NO4. The second kappa shape index (κ2) is 5.85. The summed E-state index contributed by atoms with van der Waals surface area (Å²) in [5.41, 5.74) is -1.80. The molecule has 1 aliphatic rings. The fourth-order valence-electron chi connectivity index (χ4n) is 2.76. The molecule has 0 aliphatic carbocycles. The second-order valence-corrected chi connectivity index (χ2v) is 6.26. The maximum atomic E-state index is 12.4. The Balaban J connectivity index is 3.11. The van der Waals surface area contributed by atoms with Crippen LogP contribution >= 0.6 is 0 Å². The molecule has 1 aliphatic heterocycles. The monoisotopic (exact) mass is 283 g/mol. The third kappa shape index (κ3) is 3.14. The van der Waals surface area contributed by atoms with Crippen LogP contribution < -0.4 is 0 Å². The van der Waals surface area contributed by atoms with E-state index in [0.717, 1.165) is 0 Å². The SMILES string of the molecule is C=CC[C@H]1CC[C@@](CC)(C(=O)O)N1C(=O)OC(C)(C)C. The lowest BCUT2D eigenvalue weighted by molar-refractivity contribution is -0.150. The van der Waals surface area contributed by atoms with Gasteiger partial charge in [-0.1, -0.05) is 13.0 Å². The fourth-order valence-corrected chi connectivity index (χ4v) is 2.76. The van der Waals surface area contributed by atoms with Gasteiger partial charge in [0, 0.05) is 6.04 Å². The first kappa shape index (κ1) is 16.5. The van der Waals surface area contributed by atoms with Gasteiger partial charge in [-0.25, -0.2) is 9.59 Å². The number of carbonyl (C=O) groups is 2. The molecule has 0 aromatic rings. The maximum absolute atomic E-state index is 12.4. The van der Waals surface area contributed by atoms with E-state index in [9.17, 15) is 14.7 Å². The van der Waals surface area contributed by atoms with Crippen molar-refractivity contribution in [3.63, 3.8) is 0 Å².